The number of carbonyl (C=O) groups excluding carboxylic acids is 1. The molecule has 0 aliphatic rings. The standard InChI is InChI=1S/C18H23N3O/c1-4-13(3)20-18(22)17-12-16(10-11-19-17)21-15-8-6-14(5-2)7-9-15/h6-13H,4-5H2,1-3H3,(H,19,21)(H,20,22). The summed E-state index contributed by atoms with van der Waals surface area (Å²) in [6, 6.07) is 12.0. The van der Waals surface area contributed by atoms with Crippen molar-refractivity contribution in [2.24, 2.45) is 0 Å². The van der Waals surface area contributed by atoms with Crippen molar-refractivity contribution < 1.29 is 4.79 Å². The zero-order valence-corrected chi connectivity index (χ0v) is 13.4. The van der Waals surface area contributed by atoms with E-state index in [-0.39, 0.29) is 11.9 Å². The molecule has 1 atom stereocenters. The molecule has 0 radical (unpaired) electrons. The molecular weight excluding hydrogens is 274 g/mol. The van der Waals surface area contributed by atoms with Crippen molar-refractivity contribution >= 4 is 17.3 Å². The second-order valence-corrected chi connectivity index (χ2v) is 5.39. The molecule has 0 saturated carbocycles. The smallest absolute Gasteiger partial charge is 0.270 e. The molecule has 116 valence electrons. The molecule has 0 aliphatic carbocycles. The monoisotopic (exact) mass is 297 g/mol. The van der Waals surface area contributed by atoms with Crippen molar-refractivity contribution in [2.75, 3.05) is 5.32 Å². The Hall–Kier alpha value is -2.36. The van der Waals surface area contributed by atoms with Crippen molar-refractivity contribution in [3.8, 4) is 0 Å². The van der Waals surface area contributed by atoms with Crippen molar-refractivity contribution in [3.05, 3.63) is 53.9 Å². The number of aromatic nitrogens is 1. The van der Waals surface area contributed by atoms with Crippen molar-refractivity contribution in [3.63, 3.8) is 0 Å². The predicted octanol–water partition coefficient (Wildman–Crippen LogP) is 3.92. The summed E-state index contributed by atoms with van der Waals surface area (Å²) in [6.07, 6.45) is 3.57. The maximum Gasteiger partial charge on any atom is 0.270 e. The van der Waals surface area contributed by atoms with E-state index < -0.39 is 0 Å². The molecule has 4 heteroatoms. The molecule has 0 fully saturated rings. The topological polar surface area (TPSA) is 54.0 Å². The van der Waals surface area contributed by atoms with E-state index in [1.54, 1.807) is 12.3 Å². The van der Waals surface area contributed by atoms with Gasteiger partial charge in [0.15, 0.2) is 0 Å². The third-order valence-corrected chi connectivity index (χ3v) is 3.63. The van der Waals surface area contributed by atoms with Gasteiger partial charge < -0.3 is 10.6 Å². The van der Waals surface area contributed by atoms with Crippen LogP contribution in [-0.4, -0.2) is 16.9 Å². The van der Waals surface area contributed by atoms with Crippen LogP contribution in [0, 0.1) is 0 Å². The van der Waals surface area contributed by atoms with Gasteiger partial charge in [0.25, 0.3) is 5.91 Å². The lowest BCUT2D eigenvalue weighted by molar-refractivity contribution is 0.0934. The summed E-state index contributed by atoms with van der Waals surface area (Å²) in [7, 11) is 0. The first kappa shape index (κ1) is 16.0. The Morgan fingerprint density at radius 2 is 1.86 bits per heavy atom. The van der Waals surface area contributed by atoms with Gasteiger partial charge in [0, 0.05) is 23.6 Å². The first-order valence-corrected chi connectivity index (χ1v) is 7.75. The Bertz CT molecular complexity index is 622. The lowest BCUT2D eigenvalue weighted by atomic mass is 10.1. The van der Waals surface area contributed by atoms with E-state index in [0.29, 0.717) is 5.69 Å². The normalized spacial score (nSPS) is 11.8. The second kappa shape index (κ2) is 7.59. The maximum atomic E-state index is 12.1. The third-order valence-electron chi connectivity index (χ3n) is 3.63. The van der Waals surface area contributed by atoms with E-state index in [1.807, 2.05) is 32.0 Å². The average molecular weight is 297 g/mol. The minimum Gasteiger partial charge on any atom is -0.355 e. The van der Waals surface area contributed by atoms with Gasteiger partial charge in [-0.2, -0.15) is 0 Å². The lowest BCUT2D eigenvalue weighted by Crippen LogP contribution is -2.32. The second-order valence-electron chi connectivity index (χ2n) is 5.39. The molecule has 2 N–H and O–H groups in total. The fourth-order valence-corrected chi connectivity index (χ4v) is 2.02. The van der Waals surface area contributed by atoms with E-state index in [9.17, 15) is 4.79 Å². The number of aryl methyl sites for hydroxylation is 1. The Morgan fingerprint density at radius 3 is 2.50 bits per heavy atom. The average Bonchev–Trinajstić information content (AvgIpc) is 2.55. The summed E-state index contributed by atoms with van der Waals surface area (Å²) in [4.78, 5) is 16.2. The quantitative estimate of drug-likeness (QED) is 0.849. The summed E-state index contributed by atoms with van der Waals surface area (Å²) in [5, 5.41) is 6.22. The molecule has 1 unspecified atom stereocenters. The summed E-state index contributed by atoms with van der Waals surface area (Å²) in [5.41, 5.74) is 3.58. The first-order chi connectivity index (χ1) is 10.6. The molecule has 1 aromatic carbocycles. The van der Waals surface area contributed by atoms with E-state index >= 15 is 0 Å². The zero-order valence-electron chi connectivity index (χ0n) is 13.4. The highest BCUT2D eigenvalue weighted by molar-refractivity contribution is 5.93. The van der Waals surface area contributed by atoms with Gasteiger partial charge in [0.05, 0.1) is 0 Å². The van der Waals surface area contributed by atoms with E-state index in [2.05, 4.69) is 34.7 Å². The van der Waals surface area contributed by atoms with Crippen LogP contribution in [0.2, 0.25) is 0 Å². The van der Waals surface area contributed by atoms with Crippen LogP contribution in [0.5, 0.6) is 0 Å². The Morgan fingerprint density at radius 1 is 1.14 bits per heavy atom. The number of amides is 1. The molecule has 1 heterocycles. The van der Waals surface area contributed by atoms with Crippen molar-refractivity contribution in [1.82, 2.24) is 10.3 Å². The van der Waals surface area contributed by atoms with Gasteiger partial charge in [-0.05, 0) is 49.6 Å². The van der Waals surface area contributed by atoms with Crippen LogP contribution in [-0.2, 0) is 6.42 Å². The minimum absolute atomic E-state index is 0.140. The molecule has 4 nitrogen and oxygen atoms in total. The Balaban J connectivity index is 2.08. The number of anilines is 2. The summed E-state index contributed by atoms with van der Waals surface area (Å²) < 4.78 is 0. The Labute approximate surface area is 132 Å². The number of carbonyl (C=O) groups is 1. The van der Waals surface area contributed by atoms with Crippen LogP contribution in [0.3, 0.4) is 0 Å². The summed E-state index contributed by atoms with van der Waals surface area (Å²) in [5.74, 6) is -0.140. The number of hydrogen-bond acceptors (Lipinski definition) is 3. The minimum atomic E-state index is -0.140. The molecule has 2 rings (SSSR count). The molecule has 2 aromatic rings. The van der Waals surface area contributed by atoms with Gasteiger partial charge >= 0.3 is 0 Å². The van der Waals surface area contributed by atoms with Gasteiger partial charge in [0.1, 0.15) is 5.69 Å². The molecule has 0 spiro atoms. The highest BCUT2D eigenvalue weighted by Gasteiger charge is 2.10. The number of nitrogens with one attached hydrogen (secondary N) is 2. The van der Waals surface area contributed by atoms with Crippen molar-refractivity contribution in [2.45, 2.75) is 39.7 Å². The van der Waals surface area contributed by atoms with Crippen LogP contribution in [0.15, 0.2) is 42.6 Å². The predicted molar refractivity (Wildman–Crippen MR) is 90.6 cm³/mol. The van der Waals surface area contributed by atoms with E-state index in [1.165, 1.54) is 5.56 Å². The largest absolute Gasteiger partial charge is 0.355 e. The molecular formula is C18H23N3O. The molecule has 0 bridgehead atoms. The number of benzene rings is 1. The molecule has 0 aliphatic heterocycles. The van der Waals surface area contributed by atoms with E-state index in [4.69, 9.17) is 0 Å². The lowest BCUT2D eigenvalue weighted by Gasteiger charge is -2.12. The van der Waals surface area contributed by atoms with E-state index in [0.717, 1.165) is 24.2 Å². The first-order valence-electron chi connectivity index (χ1n) is 7.75. The van der Waals surface area contributed by atoms with Crippen LogP contribution >= 0.6 is 0 Å². The molecule has 1 aromatic heterocycles. The van der Waals surface area contributed by atoms with Crippen LogP contribution in [0.1, 0.15) is 43.2 Å². The highest BCUT2D eigenvalue weighted by Crippen LogP contribution is 2.17. The van der Waals surface area contributed by atoms with Gasteiger partial charge in [-0.1, -0.05) is 26.0 Å². The zero-order chi connectivity index (χ0) is 15.9. The summed E-state index contributed by atoms with van der Waals surface area (Å²) in [6.45, 7) is 6.15. The van der Waals surface area contributed by atoms with Crippen LogP contribution < -0.4 is 10.6 Å². The fourth-order valence-electron chi connectivity index (χ4n) is 2.02. The SMILES string of the molecule is CCc1ccc(Nc2ccnc(C(=O)NC(C)CC)c2)cc1. The number of nitrogens with zero attached hydrogens (tertiary/aromatic N) is 1. The van der Waals surface area contributed by atoms with Gasteiger partial charge in [-0.3, -0.25) is 9.78 Å². The number of rotatable bonds is 6. The van der Waals surface area contributed by atoms with Gasteiger partial charge in [-0.15, -0.1) is 0 Å². The molecule has 1 amide bonds. The van der Waals surface area contributed by atoms with Gasteiger partial charge in [0.2, 0.25) is 0 Å². The maximum absolute atomic E-state index is 12.1. The third kappa shape index (κ3) is 4.32. The van der Waals surface area contributed by atoms with Crippen LogP contribution in [0.4, 0.5) is 11.4 Å². The number of pyridine rings is 1. The summed E-state index contributed by atoms with van der Waals surface area (Å²) >= 11 is 0. The Kier molecular flexibility index (Phi) is 5.53. The molecule has 22 heavy (non-hydrogen) atoms. The van der Waals surface area contributed by atoms with Gasteiger partial charge in [-0.25, -0.2) is 0 Å². The fraction of sp³-hybridized carbons (Fsp3) is 0.333. The number of hydrogen-bond donors (Lipinski definition) is 2. The highest BCUT2D eigenvalue weighted by atomic mass is 16.1. The molecule has 0 saturated heterocycles. The van der Waals surface area contributed by atoms with Crippen LogP contribution in [0.25, 0.3) is 0 Å². The van der Waals surface area contributed by atoms with Crippen molar-refractivity contribution in [1.29, 1.82) is 0 Å².